The van der Waals surface area contributed by atoms with Crippen LogP contribution >= 0.6 is 0 Å². The molecule has 0 fully saturated rings. The number of carbonyl (C=O) groups is 1. The molecule has 0 aliphatic rings. The number of ether oxygens (including phenoxy) is 1. The van der Waals surface area contributed by atoms with Crippen molar-refractivity contribution in [3.8, 4) is 5.75 Å². The second-order valence-corrected chi connectivity index (χ2v) is 5.37. The van der Waals surface area contributed by atoms with Gasteiger partial charge in [-0.2, -0.15) is 9.67 Å². The highest BCUT2D eigenvalue weighted by molar-refractivity contribution is 5.89. The van der Waals surface area contributed by atoms with Gasteiger partial charge in [0.25, 0.3) is 0 Å². The van der Waals surface area contributed by atoms with Gasteiger partial charge < -0.3 is 24.7 Å². The Hall–Kier alpha value is -3.76. The fraction of sp³-hybridized carbons (Fsp3) is 0.250. The predicted molar refractivity (Wildman–Crippen MR) is 91.1 cm³/mol. The summed E-state index contributed by atoms with van der Waals surface area (Å²) < 4.78 is 11.7. The summed E-state index contributed by atoms with van der Waals surface area (Å²) in [6.45, 7) is 2.67. The Morgan fingerprint density at radius 2 is 2.19 bits per heavy atom. The van der Waals surface area contributed by atoms with Gasteiger partial charge in [-0.3, -0.25) is 4.79 Å². The minimum atomic E-state index is -0.605. The van der Waals surface area contributed by atoms with Gasteiger partial charge in [0, 0.05) is 12.1 Å². The lowest BCUT2D eigenvalue weighted by Gasteiger charge is -2.09. The highest BCUT2D eigenvalue weighted by Crippen LogP contribution is 2.17. The van der Waals surface area contributed by atoms with E-state index in [2.05, 4.69) is 20.6 Å². The summed E-state index contributed by atoms with van der Waals surface area (Å²) >= 11 is 0. The van der Waals surface area contributed by atoms with E-state index in [9.17, 15) is 14.9 Å². The highest BCUT2D eigenvalue weighted by Gasteiger charge is 2.18. The molecule has 3 aromatic rings. The van der Waals surface area contributed by atoms with E-state index in [1.165, 1.54) is 16.9 Å². The molecule has 1 amide bonds. The zero-order chi connectivity index (χ0) is 19.2. The Bertz CT molecular complexity index is 950. The number of nitrogens with zero attached hydrogens (tertiary/aromatic N) is 5. The first-order chi connectivity index (χ1) is 13.1. The number of aromatic nitrogens is 4. The number of para-hydroxylation sites is 1. The summed E-state index contributed by atoms with van der Waals surface area (Å²) in [4.78, 5) is 26.2. The van der Waals surface area contributed by atoms with Crippen LogP contribution in [0.5, 0.6) is 5.75 Å². The van der Waals surface area contributed by atoms with E-state index < -0.39 is 10.8 Å². The average molecular weight is 372 g/mol. The minimum absolute atomic E-state index is 0.0395. The topological polar surface area (TPSA) is 138 Å². The normalized spacial score (nSPS) is 10.6. The second kappa shape index (κ2) is 8.08. The van der Waals surface area contributed by atoms with E-state index in [1.54, 1.807) is 0 Å². The number of rotatable bonds is 8. The number of amides is 1. The van der Waals surface area contributed by atoms with E-state index in [-0.39, 0.29) is 30.6 Å². The number of nitro groups is 1. The van der Waals surface area contributed by atoms with Gasteiger partial charge >= 0.3 is 17.6 Å². The molecule has 0 saturated heterocycles. The molecule has 0 spiro atoms. The smallest absolute Gasteiger partial charge is 0.389 e. The van der Waals surface area contributed by atoms with E-state index in [0.717, 1.165) is 5.56 Å². The van der Waals surface area contributed by atoms with Gasteiger partial charge in [0.1, 0.15) is 12.3 Å². The van der Waals surface area contributed by atoms with E-state index in [1.807, 2.05) is 31.2 Å². The first kappa shape index (κ1) is 18.0. The third-order valence-corrected chi connectivity index (χ3v) is 3.49. The lowest BCUT2D eigenvalue weighted by molar-refractivity contribution is -0.389. The van der Waals surface area contributed by atoms with E-state index >= 15 is 0 Å². The van der Waals surface area contributed by atoms with Crippen LogP contribution in [-0.2, 0) is 13.1 Å². The summed E-state index contributed by atoms with van der Waals surface area (Å²) in [5, 5.41) is 20.7. The Labute approximate surface area is 153 Å². The molecule has 0 saturated carbocycles. The predicted octanol–water partition coefficient (Wildman–Crippen LogP) is 1.55. The van der Waals surface area contributed by atoms with Gasteiger partial charge in [0.05, 0.1) is 24.0 Å². The zero-order valence-electron chi connectivity index (χ0n) is 14.4. The van der Waals surface area contributed by atoms with E-state index in [4.69, 9.17) is 9.26 Å². The van der Waals surface area contributed by atoms with Crippen molar-refractivity contribution in [1.29, 1.82) is 0 Å². The summed E-state index contributed by atoms with van der Waals surface area (Å²) in [7, 11) is 0. The van der Waals surface area contributed by atoms with E-state index in [0.29, 0.717) is 12.4 Å². The summed E-state index contributed by atoms with van der Waals surface area (Å²) in [6, 6.07) is 8.61. The summed E-state index contributed by atoms with van der Waals surface area (Å²) in [6.07, 6.45) is 1.42. The number of hydrogen-bond acceptors (Lipinski definition) is 8. The lowest BCUT2D eigenvalue weighted by Crippen LogP contribution is -2.23. The van der Waals surface area contributed by atoms with Crippen molar-refractivity contribution >= 4 is 11.7 Å². The molecule has 1 aromatic carbocycles. The lowest BCUT2D eigenvalue weighted by atomic mass is 10.2. The SMILES string of the molecule is CCOc1ccccc1CNC(=O)c1nc(Cn2ccc([N+](=O)[O-])n2)no1. The largest absolute Gasteiger partial charge is 0.494 e. The third kappa shape index (κ3) is 4.45. The van der Waals surface area contributed by atoms with Crippen molar-refractivity contribution in [3.63, 3.8) is 0 Å². The monoisotopic (exact) mass is 372 g/mol. The van der Waals surface area contributed by atoms with Crippen molar-refractivity contribution in [2.45, 2.75) is 20.0 Å². The maximum Gasteiger partial charge on any atom is 0.389 e. The molecule has 140 valence electrons. The van der Waals surface area contributed by atoms with Crippen LogP contribution in [0.4, 0.5) is 5.82 Å². The minimum Gasteiger partial charge on any atom is -0.494 e. The van der Waals surface area contributed by atoms with Crippen molar-refractivity contribution in [1.82, 2.24) is 25.2 Å². The van der Waals surface area contributed by atoms with Gasteiger partial charge in [-0.1, -0.05) is 23.4 Å². The van der Waals surface area contributed by atoms with Crippen LogP contribution in [0.3, 0.4) is 0 Å². The molecular weight excluding hydrogens is 356 g/mol. The summed E-state index contributed by atoms with van der Waals surface area (Å²) in [5.74, 6) is -0.170. The van der Waals surface area contributed by atoms with Crippen molar-refractivity contribution in [2.75, 3.05) is 6.61 Å². The standard InChI is InChI=1S/C16H16N6O5/c1-2-26-12-6-4-3-5-11(12)9-17-15(23)16-18-13(20-27-16)10-21-8-7-14(19-21)22(24)25/h3-8H,2,9-10H2,1H3,(H,17,23). The molecule has 0 unspecified atom stereocenters. The maximum absolute atomic E-state index is 12.2. The van der Waals surface area contributed by atoms with Crippen molar-refractivity contribution < 1.29 is 19.0 Å². The fourth-order valence-electron chi connectivity index (χ4n) is 2.29. The summed E-state index contributed by atoms with van der Waals surface area (Å²) in [5.41, 5.74) is 0.816. The molecule has 0 aliphatic carbocycles. The molecule has 0 bridgehead atoms. The van der Waals surface area contributed by atoms with Crippen LogP contribution in [0.1, 0.15) is 29.0 Å². The molecule has 3 rings (SSSR count). The molecule has 0 radical (unpaired) electrons. The third-order valence-electron chi connectivity index (χ3n) is 3.49. The molecule has 11 nitrogen and oxygen atoms in total. The van der Waals surface area contributed by atoms with Crippen LogP contribution in [0.25, 0.3) is 0 Å². The highest BCUT2D eigenvalue weighted by atomic mass is 16.6. The van der Waals surface area contributed by atoms with Crippen molar-refractivity contribution in [3.05, 3.63) is 63.9 Å². The van der Waals surface area contributed by atoms with Gasteiger partial charge in [0.2, 0.25) is 0 Å². The Morgan fingerprint density at radius 3 is 2.93 bits per heavy atom. The molecule has 1 N–H and O–H groups in total. The van der Waals surface area contributed by atoms with Crippen molar-refractivity contribution in [2.24, 2.45) is 0 Å². The molecule has 2 aromatic heterocycles. The van der Waals surface area contributed by atoms with Gasteiger partial charge in [-0.25, -0.2) is 0 Å². The molecule has 0 atom stereocenters. The Morgan fingerprint density at radius 1 is 1.37 bits per heavy atom. The molecule has 27 heavy (non-hydrogen) atoms. The average Bonchev–Trinajstić information content (AvgIpc) is 3.31. The Balaban J connectivity index is 1.60. The quantitative estimate of drug-likeness (QED) is 0.464. The second-order valence-electron chi connectivity index (χ2n) is 5.37. The Kier molecular flexibility index (Phi) is 5.40. The van der Waals surface area contributed by atoms with Gasteiger partial charge in [-0.05, 0) is 17.9 Å². The van der Waals surface area contributed by atoms with Crippen LogP contribution in [-0.4, -0.2) is 37.4 Å². The number of hydrogen-bond donors (Lipinski definition) is 1. The molecule has 2 heterocycles. The molecule has 11 heteroatoms. The maximum atomic E-state index is 12.2. The number of benzene rings is 1. The fourth-order valence-corrected chi connectivity index (χ4v) is 2.29. The zero-order valence-corrected chi connectivity index (χ0v) is 14.4. The molecular formula is C16H16N6O5. The van der Waals surface area contributed by atoms with Gasteiger partial charge in [0.15, 0.2) is 5.82 Å². The number of nitrogens with one attached hydrogen (secondary N) is 1. The van der Waals surface area contributed by atoms with Crippen LogP contribution in [0, 0.1) is 10.1 Å². The van der Waals surface area contributed by atoms with Gasteiger partial charge in [-0.15, -0.1) is 0 Å². The number of carbonyl (C=O) groups excluding carboxylic acids is 1. The van der Waals surface area contributed by atoms with Crippen LogP contribution in [0.2, 0.25) is 0 Å². The first-order valence-corrected chi connectivity index (χ1v) is 8.06. The van der Waals surface area contributed by atoms with Crippen LogP contribution < -0.4 is 10.1 Å². The molecule has 0 aliphatic heterocycles. The van der Waals surface area contributed by atoms with Crippen LogP contribution in [0.15, 0.2) is 41.1 Å². The first-order valence-electron chi connectivity index (χ1n) is 8.06.